The van der Waals surface area contributed by atoms with E-state index in [4.69, 9.17) is 0 Å². The molecule has 2 rings (SSSR count). The van der Waals surface area contributed by atoms with Gasteiger partial charge in [0.05, 0.1) is 10.7 Å². The number of amides is 2. The Balaban J connectivity index is 1.70. The van der Waals surface area contributed by atoms with E-state index in [0.29, 0.717) is 6.54 Å². The maximum absolute atomic E-state index is 12.0. The number of carbonyl (C=O) groups is 1. The van der Waals surface area contributed by atoms with Crippen molar-refractivity contribution in [2.24, 2.45) is 0 Å². The molecule has 4 nitrogen and oxygen atoms in total. The van der Waals surface area contributed by atoms with Crippen LogP contribution in [0, 0.1) is 13.8 Å². The molecule has 0 aliphatic heterocycles. The molecule has 0 atom stereocenters. The van der Waals surface area contributed by atoms with Gasteiger partial charge in [-0.15, -0.1) is 22.7 Å². The summed E-state index contributed by atoms with van der Waals surface area (Å²) < 4.78 is 0. The maximum Gasteiger partial charge on any atom is 0.317 e. The molecule has 0 bridgehead atoms. The van der Waals surface area contributed by atoms with Crippen LogP contribution in [0.25, 0.3) is 0 Å². The first-order chi connectivity index (χ1) is 10.1. The molecule has 21 heavy (non-hydrogen) atoms. The fourth-order valence-corrected chi connectivity index (χ4v) is 3.69. The van der Waals surface area contributed by atoms with E-state index >= 15 is 0 Å². The van der Waals surface area contributed by atoms with Crippen LogP contribution in [0.4, 0.5) is 4.79 Å². The first kappa shape index (κ1) is 16.0. The van der Waals surface area contributed by atoms with E-state index in [0.717, 1.165) is 30.1 Å². The Morgan fingerprint density at radius 3 is 2.81 bits per heavy atom. The van der Waals surface area contributed by atoms with Gasteiger partial charge in [-0.1, -0.05) is 6.07 Å². The number of urea groups is 1. The summed E-state index contributed by atoms with van der Waals surface area (Å²) >= 11 is 3.44. The smallest absolute Gasteiger partial charge is 0.317 e. The van der Waals surface area contributed by atoms with Crippen LogP contribution in [0.2, 0.25) is 0 Å². The van der Waals surface area contributed by atoms with Crippen LogP contribution in [-0.4, -0.2) is 36.1 Å². The van der Waals surface area contributed by atoms with Crippen molar-refractivity contribution >= 4 is 28.7 Å². The highest BCUT2D eigenvalue weighted by Crippen LogP contribution is 2.17. The molecule has 6 heteroatoms. The lowest BCUT2D eigenvalue weighted by Crippen LogP contribution is -2.39. The van der Waals surface area contributed by atoms with E-state index in [-0.39, 0.29) is 6.03 Å². The summed E-state index contributed by atoms with van der Waals surface area (Å²) in [5, 5.41) is 6.12. The highest BCUT2D eigenvalue weighted by molar-refractivity contribution is 7.11. The van der Waals surface area contributed by atoms with Gasteiger partial charge >= 0.3 is 6.03 Å². The SMILES string of the molecule is Cc1nc(C)c(CCNC(=O)N(C)CCc2cccs2)s1. The number of aromatic nitrogens is 1. The predicted molar refractivity (Wildman–Crippen MR) is 89.3 cm³/mol. The molecule has 2 amide bonds. The number of hydrogen-bond acceptors (Lipinski definition) is 4. The molecular weight excluding hydrogens is 302 g/mol. The van der Waals surface area contributed by atoms with Gasteiger partial charge in [-0.05, 0) is 31.7 Å². The van der Waals surface area contributed by atoms with Gasteiger partial charge in [0.25, 0.3) is 0 Å². The molecular formula is C15H21N3OS2. The predicted octanol–water partition coefficient (Wildman–Crippen LogP) is 3.25. The second kappa shape index (κ2) is 7.56. The Morgan fingerprint density at radius 1 is 1.38 bits per heavy atom. The normalized spacial score (nSPS) is 10.6. The number of thiophene rings is 1. The van der Waals surface area contributed by atoms with Gasteiger partial charge in [0, 0.05) is 36.3 Å². The minimum atomic E-state index is -0.00885. The van der Waals surface area contributed by atoms with Crippen LogP contribution >= 0.6 is 22.7 Å². The topological polar surface area (TPSA) is 45.2 Å². The van der Waals surface area contributed by atoms with Gasteiger partial charge in [0.2, 0.25) is 0 Å². The molecule has 0 radical (unpaired) electrons. The number of nitrogens with one attached hydrogen (secondary N) is 1. The third-order valence-electron chi connectivity index (χ3n) is 3.25. The van der Waals surface area contributed by atoms with Crippen LogP contribution in [0.5, 0.6) is 0 Å². The van der Waals surface area contributed by atoms with Crippen LogP contribution in [0.15, 0.2) is 17.5 Å². The lowest BCUT2D eigenvalue weighted by Gasteiger charge is -2.17. The number of nitrogens with zero attached hydrogens (tertiary/aromatic N) is 2. The number of thiazole rings is 1. The van der Waals surface area contributed by atoms with Crippen LogP contribution in [-0.2, 0) is 12.8 Å². The van der Waals surface area contributed by atoms with E-state index in [1.54, 1.807) is 27.6 Å². The monoisotopic (exact) mass is 323 g/mol. The maximum atomic E-state index is 12.0. The van der Waals surface area contributed by atoms with Crippen molar-refractivity contribution in [3.05, 3.63) is 38.0 Å². The standard InChI is InChI=1S/C15H21N3OS2/c1-11-14(21-12(2)17-11)6-8-16-15(19)18(3)9-7-13-5-4-10-20-13/h4-5,10H,6-9H2,1-3H3,(H,16,19). The van der Waals surface area contributed by atoms with Gasteiger partial charge in [-0.3, -0.25) is 0 Å². The van der Waals surface area contributed by atoms with Crippen molar-refractivity contribution < 1.29 is 4.79 Å². The molecule has 2 aromatic heterocycles. The van der Waals surface area contributed by atoms with Crippen molar-refractivity contribution in [2.75, 3.05) is 20.1 Å². The minimum absolute atomic E-state index is 0.00885. The summed E-state index contributed by atoms with van der Waals surface area (Å²) in [4.78, 5) is 20.7. The van der Waals surface area contributed by atoms with Crippen molar-refractivity contribution in [2.45, 2.75) is 26.7 Å². The molecule has 0 aromatic carbocycles. The Hall–Kier alpha value is -1.40. The van der Waals surface area contributed by atoms with Gasteiger partial charge < -0.3 is 10.2 Å². The van der Waals surface area contributed by atoms with Crippen molar-refractivity contribution in [1.29, 1.82) is 0 Å². The molecule has 0 unspecified atom stereocenters. The summed E-state index contributed by atoms with van der Waals surface area (Å²) in [7, 11) is 1.84. The second-order valence-corrected chi connectivity index (χ2v) is 7.29. The molecule has 1 N–H and O–H groups in total. The van der Waals surface area contributed by atoms with E-state index < -0.39 is 0 Å². The van der Waals surface area contributed by atoms with Gasteiger partial charge in [-0.25, -0.2) is 9.78 Å². The van der Waals surface area contributed by atoms with E-state index in [2.05, 4.69) is 21.7 Å². The van der Waals surface area contributed by atoms with Crippen LogP contribution in [0.1, 0.15) is 20.5 Å². The molecule has 0 aliphatic carbocycles. The molecule has 2 heterocycles. The highest BCUT2D eigenvalue weighted by Gasteiger charge is 2.09. The zero-order valence-corrected chi connectivity index (χ0v) is 14.3. The molecule has 0 spiro atoms. The number of carbonyl (C=O) groups excluding carboxylic acids is 1. The molecule has 0 saturated heterocycles. The molecule has 0 aliphatic rings. The third-order valence-corrected chi connectivity index (χ3v) is 5.32. The number of aryl methyl sites for hydroxylation is 2. The average Bonchev–Trinajstić information content (AvgIpc) is 3.06. The van der Waals surface area contributed by atoms with Crippen molar-refractivity contribution in [3.8, 4) is 0 Å². The highest BCUT2D eigenvalue weighted by atomic mass is 32.1. The summed E-state index contributed by atoms with van der Waals surface area (Å²) in [6, 6.07) is 4.13. The first-order valence-corrected chi connectivity index (χ1v) is 8.70. The molecule has 114 valence electrons. The number of hydrogen-bond donors (Lipinski definition) is 1. The van der Waals surface area contributed by atoms with E-state index in [1.165, 1.54) is 9.75 Å². The van der Waals surface area contributed by atoms with Gasteiger partial charge in [-0.2, -0.15) is 0 Å². The average molecular weight is 323 g/mol. The van der Waals surface area contributed by atoms with Crippen LogP contribution < -0.4 is 5.32 Å². The Morgan fingerprint density at radius 2 is 2.19 bits per heavy atom. The number of rotatable bonds is 6. The number of likely N-dealkylation sites (N-methyl/N-ethyl adjacent to an activating group) is 1. The molecule has 2 aromatic rings. The second-order valence-electron chi connectivity index (χ2n) is 4.97. The Kier molecular flexibility index (Phi) is 5.76. The lowest BCUT2D eigenvalue weighted by atomic mass is 10.3. The Labute approximate surface area is 133 Å². The summed E-state index contributed by atoms with van der Waals surface area (Å²) in [5.41, 5.74) is 1.08. The zero-order chi connectivity index (χ0) is 15.2. The van der Waals surface area contributed by atoms with Crippen molar-refractivity contribution in [1.82, 2.24) is 15.2 Å². The summed E-state index contributed by atoms with van der Waals surface area (Å²) in [6.07, 6.45) is 1.76. The lowest BCUT2D eigenvalue weighted by molar-refractivity contribution is 0.209. The molecule has 0 saturated carbocycles. The Bertz CT molecular complexity index is 578. The largest absolute Gasteiger partial charge is 0.338 e. The van der Waals surface area contributed by atoms with E-state index in [9.17, 15) is 4.79 Å². The summed E-state index contributed by atoms with van der Waals surface area (Å²) in [5.74, 6) is 0. The fraction of sp³-hybridized carbons (Fsp3) is 0.467. The zero-order valence-electron chi connectivity index (χ0n) is 12.7. The fourth-order valence-electron chi connectivity index (χ4n) is 2.06. The quantitative estimate of drug-likeness (QED) is 0.887. The third kappa shape index (κ3) is 4.82. The van der Waals surface area contributed by atoms with Crippen LogP contribution in [0.3, 0.4) is 0 Å². The minimum Gasteiger partial charge on any atom is -0.338 e. The van der Waals surface area contributed by atoms with E-state index in [1.807, 2.05) is 27.0 Å². The van der Waals surface area contributed by atoms with Gasteiger partial charge in [0.1, 0.15) is 0 Å². The first-order valence-electron chi connectivity index (χ1n) is 7.00. The van der Waals surface area contributed by atoms with Gasteiger partial charge in [0.15, 0.2) is 0 Å². The molecule has 0 fully saturated rings. The summed E-state index contributed by atoms with van der Waals surface area (Å²) in [6.45, 7) is 5.43. The van der Waals surface area contributed by atoms with Crippen molar-refractivity contribution in [3.63, 3.8) is 0 Å².